The van der Waals surface area contributed by atoms with E-state index >= 15 is 0 Å². The van der Waals surface area contributed by atoms with E-state index in [-0.39, 0.29) is 29.0 Å². The standard InChI is InChI=1S/C22H23FN6O3/c1-13-19(27-32-26-13)22(31)29-9-4-7-18(29)20-24-17-12-28(10-8-15(17)21(30)25-20)11-14-5-2-3-6-16(14)23/h2-3,5-6,18H,4,7-12H2,1H3,(H,24,25,30)/t18-/m1/s1. The Kier molecular flexibility index (Phi) is 5.30. The highest BCUT2D eigenvalue weighted by Crippen LogP contribution is 2.31. The molecule has 1 N–H and O–H groups in total. The van der Waals surface area contributed by atoms with Gasteiger partial charge in [0.05, 0.1) is 11.7 Å². The molecule has 0 bridgehead atoms. The summed E-state index contributed by atoms with van der Waals surface area (Å²) in [5.41, 5.74) is 2.39. The molecular weight excluding hydrogens is 415 g/mol. The molecule has 0 saturated carbocycles. The SMILES string of the molecule is Cc1nonc1C(=O)N1CCC[C@@H]1c1nc2c(c(=O)[nH]1)CCN(Cc1ccccc1F)C2. The number of aromatic amines is 1. The maximum absolute atomic E-state index is 14.1. The van der Waals surface area contributed by atoms with Gasteiger partial charge in [-0.3, -0.25) is 14.5 Å². The van der Waals surface area contributed by atoms with Crippen LogP contribution in [-0.2, 0) is 19.5 Å². The molecular formula is C22H23FN6O3. The van der Waals surface area contributed by atoms with Gasteiger partial charge in [-0.25, -0.2) is 14.0 Å². The largest absolute Gasteiger partial charge is 0.327 e. The Balaban J connectivity index is 1.40. The van der Waals surface area contributed by atoms with E-state index in [9.17, 15) is 14.0 Å². The Bertz CT molecular complexity index is 1220. The predicted molar refractivity (Wildman–Crippen MR) is 111 cm³/mol. The van der Waals surface area contributed by atoms with Crippen molar-refractivity contribution in [3.05, 3.63) is 74.5 Å². The van der Waals surface area contributed by atoms with Gasteiger partial charge in [0.15, 0.2) is 5.69 Å². The summed E-state index contributed by atoms with van der Waals surface area (Å²) in [6.45, 7) is 3.75. The normalized spacial score (nSPS) is 18.7. The second-order valence-corrected chi connectivity index (χ2v) is 8.28. The summed E-state index contributed by atoms with van der Waals surface area (Å²) >= 11 is 0. The van der Waals surface area contributed by atoms with E-state index in [2.05, 4.69) is 24.8 Å². The van der Waals surface area contributed by atoms with Crippen LogP contribution in [0.25, 0.3) is 0 Å². The van der Waals surface area contributed by atoms with Gasteiger partial charge in [-0.15, -0.1) is 0 Å². The van der Waals surface area contributed by atoms with Crippen LogP contribution in [0.2, 0.25) is 0 Å². The van der Waals surface area contributed by atoms with Crippen molar-refractivity contribution in [2.75, 3.05) is 13.1 Å². The number of aromatic nitrogens is 4. The Morgan fingerprint density at radius 2 is 2.12 bits per heavy atom. The Morgan fingerprint density at radius 3 is 2.91 bits per heavy atom. The van der Waals surface area contributed by atoms with Crippen molar-refractivity contribution >= 4 is 5.91 Å². The molecule has 0 spiro atoms. The summed E-state index contributed by atoms with van der Waals surface area (Å²) in [4.78, 5) is 37.2. The van der Waals surface area contributed by atoms with Gasteiger partial charge in [0.1, 0.15) is 17.3 Å². The van der Waals surface area contributed by atoms with Gasteiger partial charge in [0, 0.05) is 37.3 Å². The predicted octanol–water partition coefficient (Wildman–Crippen LogP) is 2.14. The molecule has 2 aliphatic heterocycles. The summed E-state index contributed by atoms with van der Waals surface area (Å²) in [6.07, 6.45) is 2.03. The summed E-state index contributed by atoms with van der Waals surface area (Å²) in [5, 5.41) is 7.41. The summed E-state index contributed by atoms with van der Waals surface area (Å²) in [7, 11) is 0. The van der Waals surface area contributed by atoms with Crippen LogP contribution >= 0.6 is 0 Å². The number of fused-ring (bicyclic) bond motifs is 1. The minimum atomic E-state index is -0.349. The number of hydrogen-bond donors (Lipinski definition) is 1. The number of nitrogens with one attached hydrogen (secondary N) is 1. The molecule has 9 nitrogen and oxygen atoms in total. The average molecular weight is 438 g/mol. The molecule has 2 aliphatic rings. The van der Waals surface area contributed by atoms with Crippen LogP contribution in [0.4, 0.5) is 4.39 Å². The third-order valence-corrected chi connectivity index (χ3v) is 6.21. The third kappa shape index (κ3) is 3.70. The minimum absolute atomic E-state index is 0.172. The number of H-pyrrole nitrogens is 1. The number of hydrogen-bond acceptors (Lipinski definition) is 7. The van der Waals surface area contributed by atoms with Crippen molar-refractivity contribution in [3.8, 4) is 0 Å². The molecule has 0 aliphatic carbocycles. The van der Waals surface area contributed by atoms with Crippen molar-refractivity contribution in [1.82, 2.24) is 30.1 Å². The number of carbonyl (C=O) groups excluding carboxylic acids is 1. The van der Waals surface area contributed by atoms with E-state index in [0.717, 1.165) is 6.42 Å². The highest BCUT2D eigenvalue weighted by atomic mass is 19.1. The molecule has 32 heavy (non-hydrogen) atoms. The molecule has 10 heteroatoms. The number of halogens is 1. The van der Waals surface area contributed by atoms with Crippen molar-refractivity contribution in [2.45, 2.75) is 45.3 Å². The molecule has 1 fully saturated rings. The second kappa shape index (κ2) is 8.27. The lowest BCUT2D eigenvalue weighted by Gasteiger charge is -2.29. The van der Waals surface area contributed by atoms with Crippen molar-refractivity contribution in [1.29, 1.82) is 0 Å². The number of amides is 1. The molecule has 1 saturated heterocycles. The first-order valence-corrected chi connectivity index (χ1v) is 10.7. The quantitative estimate of drug-likeness (QED) is 0.665. The fraction of sp³-hybridized carbons (Fsp3) is 0.409. The number of likely N-dealkylation sites (tertiary alicyclic amines) is 1. The highest BCUT2D eigenvalue weighted by molar-refractivity contribution is 5.93. The van der Waals surface area contributed by atoms with Crippen molar-refractivity contribution in [2.24, 2.45) is 0 Å². The number of rotatable bonds is 4. The van der Waals surface area contributed by atoms with Gasteiger partial charge in [0.2, 0.25) is 0 Å². The molecule has 1 atom stereocenters. The zero-order valence-electron chi connectivity index (χ0n) is 17.7. The lowest BCUT2D eigenvalue weighted by molar-refractivity contribution is 0.0717. The lowest BCUT2D eigenvalue weighted by Crippen LogP contribution is -2.37. The number of nitrogens with zero attached hydrogens (tertiary/aromatic N) is 5. The monoisotopic (exact) mass is 438 g/mol. The van der Waals surface area contributed by atoms with Crippen LogP contribution in [0.3, 0.4) is 0 Å². The van der Waals surface area contributed by atoms with Crippen molar-refractivity contribution in [3.63, 3.8) is 0 Å². The van der Waals surface area contributed by atoms with Gasteiger partial charge < -0.3 is 9.88 Å². The van der Waals surface area contributed by atoms with Crippen LogP contribution in [0.5, 0.6) is 0 Å². The first-order valence-electron chi connectivity index (χ1n) is 10.7. The van der Waals surface area contributed by atoms with Crippen LogP contribution in [0.15, 0.2) is 33.7 Å². The smallest absolute Gasteiger partial charge is 0.278 e. The number of carbonyl (C=O) groups is 1. The van der Waals surface area contributed by atoms with E-state index in [1.165, 1.54) is 6.07 Å². The maximum Gasteiger partial charge on any atom is 0.278 e. The first kappa shape index (κ1) is 20.5. The van der Waals surface area contributed by atoms with E-state index in [1.54, 1.807) is 24.0 Å². The Hall–Kier alpha value is -3.40. The highest BCUT2D eigenvalue weighted by Gasteiger charge is 2.35. The van der Waals surface area contributed by atoms with E-state index in [0.29, 0.717) is 67.4 Å². The minimum Gasteiger partial charge on any atom is -0.327 e. The third-order valence-electron chi connectivity index (χ3n) is 6.21. The van der Waals surface area contributed by atoms with Gasteiger partial charge in [0.25, 0.3) is 11.5 Å². The topological polar surface area (TPSA) is 108 Å². The Morgan fingerprint density at radius 1 is 1.28 bits per heavy atom. The molecule has 1 aromatic carbocycles. The van der Waals surface area contributed by atoms with Crippen LogP contribution in [-0.4, -0.2) is 49.1 Å². The van der Waals surface area contributed by atoms with Gasteiger partial charge in [-0.05, 0) is 37.4 Å². The first-order chi connectivity index (χ1) is 15.5. The fourth-order valence-electron chi connectivity index (χ4n) is 4.53. The van der Waals surface area contributed by atoms with E-state index in [1.807, 2.05) is 6.07 Å². The average Bonchev–Trinajstić information content (AvgIpc) is 3.44. The Labute approximate surface area is 183 Å². The van der Waals surface area contributed by atoms with Gasteiger partial charge >= 0.3 is 0 Å². The lowest BCUT2D eigenvalue weighted by atomic mass is 10.0. The zero-order chi connectivity index (χ0) is 22.2. The molecule has 2 aromatic heterocycles. The number of aryl methyl sites for hydroxylation is 1. The summed E-state index contributed by atoms with van der Waals surface area (Å²) in [6, 6.07) is 6.35. The molecule has 4 heterocycles. The van der Waals surface area contributed by atoms with Crippen LogP contribution in [0.1, 0.15) is 57.7 Å². The second-order valence-electron chi connectivity index (χ2n) is 8.28. The summed E-state index contributed by atoms with van der Waals surface area (Å²) in [5.74, 6) is -0.0511. The number of benzene rings is 1. The van der Waals surface area contributed by atoms with E-state index in [4.69, 9.17) is 4.98 Å². The zero-order valence-corrected chi connectivity index (χ0v) is 17.7. The fourth-order valence-corrected chi connectivity index (χ4v) is 4.53. The van der Waals surface area contributed by atoms with E-state index < -0.39 is 0 Å². The molecule has 1 amide bonds. The van der Waals surface area contributed by atoms with Crippen LogP contribution < -0.4 is 5.56 Å². The van der Waals surface area contributed by atoms with Gasteiger partial charge in [-0.1, -0.05) is 23.4 Å². The maximum atomic E-state index is 14.1. The van der Waals surface area contributed by atoms with Crippen molar-refractivity contribution < 1.29 is 13.8 Å². The molecule has 166 valence electrons. The molecule has 5 rings (SSSR count). The summed E-state index contributed by atoms with van der Waals surface area (Å²) < 4.78 is 18.8. The van der Waals surface area contributed by atoms with Crippen LogP contribution in [0, 0.1) is 12.7 Å². The molecule has 0 radical (unpaired) electrons. The van der Waals surface area contributed by atoms with Gasteiger partial charge in [-0.2, -0.15) is 0 Å². The molecule has 3 aromatic rings. The molecule has 0 unspecified atom stereocenters.